The molecule has 5 nitrogen and oxygen atoms in total. The van der Waals surface area contributed by atoms with E-state index in [0.29, 0.717) is 5.88 Å². The summed E-state index contributed by atoms with van der Waals surface area (Å²) in [5, 5.41) is 5.42. The van der Waals surface area contributed by atoms with Crippen LogP contribution < -0.4 is 15.4 Å². The predicted octanol–water partition coefficient (Wildman–Crippen LogP) is 3.17. The second-order valence-corrected chi connectivity index (χ2v) is 4.07. The lowest BCUT2D eigenvalue weighted by molar-refractivity contribution is 0.249. The van der Waals surface area contributed by atoms with E-state index >= 15 is 0 Å². The highest BCUT2D eigenvalue weighted by Crippen LogP contribution is 2.17. The van der Waals surface area contributed by atoms with Gasteiger partial charge in [-0.25, -0.2) is 4.79 Å². The molecule has 1 unspecified atom stereocenters. The van der Waals surface area contributed by atoms with Gasteiger partial charge in [0, 0.05) is 6.07 Å². The number of carbonyl (C=O) groups is 1. The van der Waals surface area contributed by atoms with E-state index < -0.39 is 0 Å². The van der Waals surface area contributed by atoms with Gasteiger partial charge in [0.25, 0.3) is 0 Å². The van der Waals surface area contributed by atoms with Crippen LogP contribution in [0.3, 0.4) is 0 Å². The number of amides is 2. The van der Waals surface area contributed by atoms with E-state index in [0.717, 1.165) is 11.3 Å². The van der Waals surface area contributed by atoms with Crippen molar-refractivity contribution < 1.29 is 13.9 Å². The van der Waals surface area contributed by atoms with E-state index in [1.54, 1.807) is 19.2 Å². The van der Waals surface area contributed by atoms with E-state index in [-0.39, 0.29) is 12.1 Å². The summed E-state index contributed by atoms with van der Waals surface area (Å²) in [5.74, 6) is 1.20. The molecule has 100 valence electrons. The Morgan fingerprint density at radius 1 is 1.26 bits per heavy atom. The molecule has 5 heteroatoms. The van der Waals surface area contributed by atoms with Crippen LogP contribution in [0.25, 0.3) is 0 Å². The zero-order valence-electron chi connectivity index (χ0n) is 10.8. The average molecular weight is 260 g/mol. The molecular weight excluding hydrogens is 244 g/mol. The van der Waals surface area contributed by atoms with Crippen LogP contribution in [-0.2, 0) is 0 Å². The number of benzene rings is 1. The molecule has 0 aliphatic heterocycles. The highest BCUT2D eigenvalue weighted by atomic mass is 16.5. The Bertz CT molecular complexity index is 520. The molecule has 0 spiro atoms. The Morgan fingerprint density at radius 3 is 2.58 bits per heavy atom. The Kier molecular flexibility index (Phi) is 4.07. The maximum atomic E-state index is 11.7. The molecule has 0 saturated carbocycles. The van der Waals surface area contributed by atoms with Gasteiger partial charge in [-0.3, -0.25) is 5.32 Å². The third-order valence-corrected chi connectivity index (χ3v) is 2.72. The number of hydrogen-bond acceptors (Lipinski definition) is 3. The Morgan fingerprint density at radius 2 is 2.00 bits per heavy atom. The van der Waals surface area contributed by atoms with Crippen LogP contribution in [0, 0.1) is 0 Å². The zero-order valence-corrected chi connectivity index (χ0v) is 10.8. The van der Waals surface area contributed by atoms with Crippen molar-refractivity contribution in [2.24, 2.45) is 0 Å². The minimum absolute atomic E-state index is 0.110. The number of furan rings is 1. The molecule has 1 atom stereocenters. The van der Waals surface area contributed by atoms with Crippen molar-refractivity contribution in [3.8, 4) is 5.75 Å². The van der Waals surface area contributed by atoms with E-state index in [9.17, 15) is 4.79 Å². The maximum absolute atomic E-state index is 11.7. The van der Waals surface area contributed by atoms with Crippen LogP contribution in [0.15, 0.2) is 47.1 Å². The molecule has 0 saturated heterocycles. The summed E-state index contributed by atoms with van der Waals surface area (Å²) in [5.41, 5.74) is 0.996. The van der Waals surface area contributed by atoms with Gasteiger partial charge in [-0.1, -0.05) is 12.1 Å². The number of nitrogens with one attached hydrogen (secondary N) is 2. The lowest BCUT2D eigenvalue weighted by Gasteiger charge is -2.14. The van der Waals surface area contributed by atoms with Crippen LogP contribution in [0.1, 0.15) is 18.5 Å². The number of urea groups is 1. The van der Waals surface area contributed by atoms with Gasteiger partial charge < -0.3 is 14.5 Å². The third kappa shape index (κ3) is 3.51. The van der Waals surface area contributed by atoms with Gasteiger partial charge in [-0.05, 0) is 30.7 Å². The topological polar surface area (TPSA) is 63.5 Å². The van der Waals surface area contributed by atoms with Gasteiger partial charge >= 0.3 is 6.03 Å². The maximum Gasteiger partial charge on any atom is 0.322 e. The molecule has 0 fully saturated rings. The van der Waals surface area contributed by atoms with Gasteiger partial charge in [0.2, 0.25) is 5.88 Å². The largest absolute Gasteiger partial charge is 0.497 e. The molecule has 1 aromatic heterocycles. The zero-order chi connectivity index (χ0) is 13.7. The Hall–Kier alpha value is -2.43. The SMILES string of the molecule is COc1ccc(C(C)NC(=O)Nc2ccco2)cc1. The van der Waals surface area contributed by atoms with Crippen molar-refractivity contribution in [2.75, 3.05) is 12.4 Å². The molecule has 1 heterocycles. The second kappa shape index (κ2) is 5.95. The van der Waals surface area contributed by atoms with E-state index in [1.165, 1.54) is 6.26 Å². The number of anilines is 1. The molecule has 2 amide bonds. The smallest absolute Gasteiger partial charge is 0.322 e. The molecular formula is C14H16N2O3. The van der Waals surface area contributed by atoms with Gasteiger partial charge in [0.1, 0.15) is 5.75 Å². The van der Waals surface area contributed by atoms with Crippen molar-refractivity contribution in [1.29, 1.82) is 0 Å². The molecule has 0 radical (unpaired) electrons. The second-order valence-electron chi connectivity index (χ2n) is 4.07. The number of hydrogen-bond donors (Lipinski definition) is 2. The number of carbonyl (C=O) groups excluding carboxylic acids is 1. The molecule has 0 bridgehead atoms. The molecule has 2 rings (SSSR count). The van der Waals surface area contributed by atoms with Crippen molar-refractivity contribution in [1.82, 2.24) is 5.32 Å². The summed E-state index contributed by atoms with van der Waals surface area (Å²) in [7, 11) is 1.62. The quantitative estimate of drug-likeness (QED) is 0.887. The lowest BCUT2D eigenvalue weighted by Crippen LogP contribution is -2.30. The molecule has 2 aromatic rings. The fourth-order valence-electron chi connectivity index (χ4n) is 1.67. The minimum atomic E-state index is -0.307. The van der Waals surface area contributed by atoms with Crippen LogP contribution in [0.5, 0.6) is 5.75 Å². The van der Waals surface area contributed by atoms with Crippen molar-refractivity contribution >= 4 is 11.9 Å². The molecule has 1 aromatic carbocycles. The lowest BCUT2D eigenvalue weighted by atomic mass is 10.1. The average Bonchev–Trinajstić information content (AvgIpc) is 2.91. The number of rotatable bonds is 4. The predicted molar refractivity (Wildman–Crippen MR) is 72.3 cm³/mol. The van der Waals surface area contributed by atoms with Gasteiger partial charge in [-0.2, -0.15) is 0 Å². The van der Waals surface area contributed by atoms with E-state index in [2.05, 4.69) is 10.6 Å². The Balaban J connectivity index is 1.92. The standard InChI is InChI=1S/C14H16N2O3/c1-10(11-5-7-12(18-2)8-6-11)15-14(17)16-13-4-3-9-19-13/h3-10H,1-2H3,(H2,15,16,17). The van der Waals surface area contributed by atoms with Crippen LogP contribution in [-0.4, -0.2) is 13.1 Å². The first-order valence-corrected chi connectivity index (χ1v) is 5.94. The number of ether oxygens (including phenoxy) is 1. The summed E-state index contributed by atoms with van der Waals surface area (Å²) in [4.78, 5) is 11.7. The van der Waals surface area contributed by atoms with Crippen LogP contribution in [0.4, 0.5) is 10.7 Å². The molecule has 2 N–H and O–H groups in total. The van der Waals surface area contributed by atoms with Gasteiger partial charge in [0.15, 0.2) is 0 Å². The minimum Gasteiger partial charge on any atom is -0.497 e. The van der Waals surface area contributed by atoms with Crippen molar-refractivity contribution in [3.63, 3.8) is 0 Å². The van der Waals surface area contributed by atoms with Crippen molar-refractivity contribution in [2.45, 2.75) is 13.0 Å². The summed E-state index contributed by atoms with van der Waals surface area (Å²) >= 11 is 0. The van der Waals surface area contributed by atoms with Gasteiger partial charge in [-0.15, -0.1) is 0 Å². The van der Waals surface area contributed by atoms with Crippen molar-refractivity contribution in [3.05, 3.63) is 48.2 Å². The summed E-state index contributed by atoms with van der Waals surface area (Å²) in [6.45, 7) is 1.91. The Labute approximate surface area is 111 Å². The first-order valence-electron chi connectivity index (χ1n) is 5.94. The highest BCUT2D eigenvalue weighted by Gasteiger charge is 2.10. The summed E-state index contributed by atoms with van der Waals surface area (Å²) in [6.07, 6.45) is 1.50. The third-order valence-electron chi connectivity index (χ3n) is 2.72. The summed E-state index contributed by atoms with van der Waals surface area (Å²) < 4.78 is 10.1. The van der Waals surface area contributed by atoms with E-state index in [4.69, 9.17) is 9.15 Å². The van der Waals surface area contributed by atoms with Crippen LogP contribution >= 0.6 is 0 Å². The fraction of sp³-hybridized carbons (Fsp3) is 0.214. The first kappa shape index (κ1) is 13.0. The normalized spacial score (nSPS) is 11.7. The van der Waals surface area contributed by atoms with E-state index in [1.807, 2.05) is 31.2 Å². The van der Waals surface area contributed by atoms with Crippen LogP contribution in [0.2, 0.25) is 0 Å². The molecule has 0 aliphatic rings. The highest BCUT2D eigenvalue weighted by molar-refractivity contribution is 5.88. The first-order chi connectivity index (χ1) is 9.19. The van der Waals surface area contributed by atoms with Gasteiger partial charge in [0.05, 0.1) is 19.4 Å². The molecule has 19 heavy (non-hydrogen) atoms. The monoisotopic (exact) mass is 260 g/mol. The molecule has 0 aliphatic carbocycles. The summed E-state index contributed by atoms with van der Waals surface area (Å²) in [6, 6.07) is 10.5. The fourth-order valence-corrected chi connectivity index (χ4v) is 1.67. The number of methoxy groups -OCH3 is 1.